The summed E-state index contributed by atoms with van der Waals surface area (Å²) in [6, 6.07) is 10.2. The van der Waals surface area contributed by atoms with Crippen molar-refractivity contribution in [3.8, 4) is 17.2 Å². The Morgan fingerprint density at radius 3 is 2.40 bits per heavy atom. The Bertz CT molecular complexity index is 899. The van der Waals surface area contributed by atoms with Gasteiger partial charge in [-0.05, 0) is 71.7 Å². The first-order valence-electron chi connectivity index (χ1n) is 9.20. The molecule has 0 aliphatic rings. The maximum Gasteiger partial charge on any atom is 0.343 e. The Hall–Kier alpha value is -3.07. The second-order valence-electron chi connectivity index (χ2n) is 5.78. The fourth-order valence-corrected chi connectivity index (χ4v) is 2.93. The van der Waals surface area contributed by atoms with Gasteiger partial charge in [-0.3, -0.25) is 4.79 Å². The molecule has 2 aromatic carbocycles. The van der Waals surface area contributed by atoms with E-state index in [1.807, 2.05) is 13.8 Å². The van der Waals surface area contributed by atoms with E-state index in [9.17, 15) is 9.59 Å². The molecule has 0 aliphatic heterocycles. The molecule has 0 unspecified atom stereocenters. The predicted octanol–water partition coefficient (Wildman–Crippen LogP) is 3.56. The van der Waals surface area contributed by atoms with E-state index >= 15 is 0 Å². The summed E-state index contributed by atoms with van der Waals surface area (Å²) < 4.78 is 21.6. The third-order valence-electron chi connectivity index (χ3n) is 3.70. The minimum atomic E-state index is -0.507. The third-order valence-corrected chi connectivity index (χ3v) is 4.29. The first-order valence-corrected chi connectivity index (χ1v) is 10.00. The molecule has 0 atom stereocenters. The number of hydrogen-bond donors (Lipinski definition) is 1. The number of hydrogen-bond acceptors (Lipinski definition) is 7. The van der Waals surface area contributed by atoms with Crippen molar-refractivity contribution in [1.82, 2.24) is 5.43 Å². The van der Waals surface area contributed by atoms with E-state index in [1.54, 1.807) is 36.4 Å². The van der Waals surface area contributed by atoms with Crippen molar-refractivity contribution in [2.24, 2.45) is 5.10 Å². The van der Waals surface area contributed by atoms with Crippen LogP contribution in [0.2, 0.25) is 0 Å². The number of benzene rings is 2. The zero-order valence-electron chi connectivity index (χ0n) is 16.9. The monoisotopic (exact) mass is 478 g/mol. The number of rotatable bonds is 10. The van der Waals surface area contributed by atoms with Crippen molar-refractivity contribution >= 4 is 34.0 Å². The summed E-state index contributed by atoms with van der Waals surface area (Å²) in [7, 11) is 1.28. The number of methoxy groups -OCH3 is 1. The Morgan fingerprint density at radius 2 is 1.77 bits per heavy atom. The summed E-state index contributed by atoms with van der Waals surface area (Å²) in [5, 5.41) is 3.99. The number of carbonyl (C=O) groups excluding carboxylic acids is 2. The Labute approximate surface area is 183 Å². The van der Waals surface area contributed by atoms with E-state index in [4.69, 9.17) is 14.2 Å². The molecule has 8 nitrogen and oxygen atoms in total. The van der Waals surface area contributed by atoms with E-state index < -0.39 is 5.97 Å². The Morgan fingerprint density at radius 1 is 1.07 bits per heavy atom. The number of carbonyl (C=O) groups is 2. The van der Waals surface area contributed by atoms with Gasteiger partial charge in [-0.1, -0.05) is 0 Å². The maximum atomic E-state index is 12.2. The van der Waals surface area contributed by atoms with Gasteiger partial charge in [0.1, 0.15) is 5.75 Å². The minimum Gasteiger partial charge on any atom is -0.494 e. The summed E-state index contributed by atoms with van der Waals surface area (Å²) >= 11 is 3.40. The molecule has 2 rings (SSSR count). The number of esters is 1. The molecule has 160 valence electrons. The second-order valence-corrected chi connectivity index (χ2v) is 6.64. The lowest BCUT2D eigenvalue weighted by molar-refractivity contribution is -0.142. The normalized spacial score (nSPS) is 10.5. The van der Waals surface area contributed by atoms with Gasteiger partial charge in [0, 0.05) is 5.56 Å². The van der Waals surface area contributed by atoms with Gasteiger partial charge in [0.05, 0.1) is 31.0 Å². The van der Waals surface area contributed by atoms with Crippen molar-refractivity contribution in [2.75, 3.05) is 26.9 Å². The summed E-state index contributed by atoms with van der Waals surface area (Å²) in [4.78, 5) is 23.5. The van der Waals surface area contributed by atoms with Crippen molar-refractivity contribution in [3.63, 3.8) is 0 Å². The van der Waals surface area contributed by atoms with Gasteiger partial charge in [-0.25, -0.2) is 10.2 Å². The highest BCUT2D eigenvalue weighted by molar-refractivity contribution is 9.10. The van der Waals surface area contributed by atoms with Crippen molar-refractivity contribution in [2.45, 2.75) is 13.8 Å². The fourth-order valence-electron chi connectivity index (χ4n) is 2.35. The molecule has 0 saturated carbocycles. The van der Waals surface area contributed by atoms with E-state index in [0.717, 1.165) is 0 Å². The van der Waals surface area contributed by atoms with Crippen LogP contribution in [0.1, 0.15) is 29.8 Å². The third kappa shape index (κ3) is 6.77. The average Bonchev–Trinajstić information content (AvgIpc) is 2.74. The van der Waals surface area contributed by atoms with E-state index in [-0.39, 0.29) is 12.5 Å². The highest BCUT2D eigenvalue weighted by atomic mass is 79.9. The van der Waals surface area contributed by atoms with Gasteiger partial charge in [0.15, 0.2) is 18.1 Å². The maximum absolute atomic E-state index is 12.2. The molecule has 30 heavy (non-hydrogen) atoms. The lowest BCUT2D eigenvalue weighted by Crippen LogP contribution is -2.17. The molecule has 0 aliphatic carbocycles. The number of hydrazone groups is 1. The van der Waals surface area contributed by atoms with Gasteiger partial charge in [-0.2, -0.15) is 5.10 Å². The van der Waals surface area contributed by atoms with Crippen molar-refractivity contribution < 1.29 is 28.5 Å². The average molecular weight is 479 g/mol. The summed E-state index contributed by atoms with van der Waals surface area (Å²) in [6.07, 6.45) is 1.48. The standard InChI is InChI=1S/C21H23BrN2O6/c1-4-28-16-8-6-15(7-9-16)21(26)24-23-12-14-10-17(22)20(18(11-14)29-5-2)30-13-19(25)27-3/h6-12H,4-5,13H2,1-3H3,(H,24,26)/b23-12-. The summed E-state index contributed by atoms with van der Waals surface area (Å²) in [5.41, 5.74) is 3.59. The molecule has 9 heteroatoms. The number of ether oxygens (including phenoxy) is 4. The van der Waals surface area contributed by atoms with Crippen LogP contribution < -0.4 is 19.6 Å². The predicted molar refractivity (Wildman–Crippen MR) is 115 cm³/mol. The number of nitrogens with one attached hydrogen (secondary N) is 1. The van der Waals surface area contributed by atoms with Gasteiger partial charge >= 0.3 is 5.97 Å². The largest absolute Gasteiger partial charge is 0.494 e. The molecule has 1 amide bonds. The molecule has 0 bridgehead atoms. The lowest BCUT2D eigenvalue weighted by Gasteiger charge is -2.13. The van der Waals surface area contributed by atoms with Gasteiger partial charge < -0.3 is 18.9 Å². The second kappa shape index (κ2) is 11.8. The summed E-state index contributed by atoms with van der Waals surface area (Å²) in [5.74, 6) is 0.636. The molecule has 2 aromatic rings. The quantitative estimate of drug-likeness (QED) is 0.318. The SMILES string of the molecule is CCOc1ccc(C(=O)N/N=C\c2cc(Br)c(OCC(=O)OC)c(OCC)c2)cc1. The Balaban J connectivity index is 2.08. The van der Waals surface area contributed by atoms with Crippen molar-refractivity contribution in [1.29, 1.82) is 0 Å². The molecule has 0 fully saturated rings. The van der Waals surface area contributed by atoms with Crippen LogP contribution in [0.15, 0.2) is 46.0 Å². The topological polar surface area (TPSA) is 95.5 Å². The Kier molecular flexibility index (Phi) is 9.14. The van der Waals surface area contributed by atoms with Crippen LogP contribution in [-0.2, 0) is 9.53 Å². The van der Waals surface area contributed by atoms with Crippen LogP contribution in [0.4, 0.5) is 0 Å². The first-order chi connectivity index (χ1) is 14.5. The van der Waals surface area contributed by atoms with Crippen LogP contribution in [0.25, 0.3) is 0 Å². The zero-order valence-corrected chi connectivity index (χ0v) is 18.5. The van der Waals surface area contributed by atoms with E-state index in [0.29, 0.717) is 46.1 Å². The van der Waals surface area contributed by atoms with Crippen LogP contribution in [0.5, 0.6) is 17.2 Å². The number of amides is 1. The molecular weight excluding hydrogens is 456 g/mol. The van der Waals surface area contributed by atoms with Crippen LogP contribution in [0, 0.1) is 0 Å². The van der Waals surface area contributed by atoms with Crippen LogP contribution in [0.3, 0.4) is 0 Å². The van der Waals surface area contributed by atoms with Gasteiger partial charge in [-0.15, -0.1) is 0 Å². The molecule has 0 radical (unpaired) electrons. The van der Waals surface area contributed by atoms with E-state index in [1.165, 1.54) is 13.3 Å². The van der Waals surface area contributed by atoms with Gasteiger partial charge in [0.2, 0.25) is 0 Å². The van der Waals surface area contributed by atoms with Gasteiger partial charge in [0.25, 0.3) is 5.91 Å². The van der Waals surface area contributed by atoms with Crippen LogP contribution in [-0.4, -0.2) is 45.0 Å². The summed E-state index contributed by atoms with van der Waals surface area (Å²) in [6.45, 7) is 4.43. The molecule has 0 spiro atoms. The number of halogens is 1. The van der Waals surface area contributed by atoms with E-state index in [2.05, 4.69) is 31.2 Å². The molecule has 0 heterocycles. The lowest BCUT2D eigenvalue weighted by atomic mass is 10.2. The fraction of sp³-hybridized carbons (Fsp3) is 0.286. The molecule has 0 aromatic heterocycles. The smallest absolute Gasteiger partial charge is 0.343 e. The van der Waals surface area contributed by atoms with Crippen LogP contribution >= 0.6 is 15.9 Å². The first kappa shape index (κ1) is 23.2. The zero-order chi connectivity index (χ0) is 21.9. The molecule has 1 N–H and O–H groups in total. The molecular formula is C21H23BrN2O6. The highest BCUT2D eigenvalue weighted by Gasteiger charge is 2.14. The molecule has 0 saturated heterocycles. The van der Waals surface area contributed by atoms with Crippen molar-refractivity contribution in [3.05, 3.63) is 52.0 Å². The highest BCUT2D eigenvalue weighted by Crippen LogP contribution is 2.36. The number of nitrogens with zero attached hydrogens (tertiary/aromatic N) is 1. The minimum absolute atomic E-state index is 0.249.